The molecule has 1 saturated heterocycles. The quantitative estimate of drug-likeness (QED) is 0.848. The van der Waals surface area contributed by atoms with Gasteiger partial charge in [-0.3, -0.25) is 9.69 Å². The first-order valence-corrected chi connectivity index (χ1v) is 9.33. The van der Waals surface area contributed by atoms with Crippen LogP contribution < -0.4 is 9.47 Å². The van der Waals surface area contributed by atoms with Crippen molar-refractivity contribution in [2.45, 2.75) is 31.3 Å². The number of ether oxygens (including phenoxy) is 2. The number of methoxy groups -OCH3 is 2. The summed E-state index contributed by atoms with van der Waals surface area (Å²) in [6, 6.07) is 7.02. The van der Waals surface area contributed by atoms with Gasteiger partial charge in [0, 0.05) is 0 Å². The van der Waals surface area contributed by atoms with Gasteiger partial charge in [-0.15, -0.1) is 0 Å². The van der Waals surface area contributed by atoms with Gasteiger partial charge in [-0.25, -0.2) is 0 Å². The van der Waals surface area contributed by atoms with E-state index in [2.05, 4.69) is 16.3 Å². The average molecular weight is 361 g/mol. The van der Waals surface area contributed by atoms with Gasteiger partial charge in [-0.1, -0.05) is 12.5 Å². The van der Waals surface area contributed by atoms with Gasteiger partial charge in [0.2, 0.25) is 0 Å². The second kappa shape index (κ2) is 7.89. The molecular weight excluding hydrogens is 338 g/mol. The second-order valence-electron chi connectivity index (χ2n) is 6.12. The van der Waals surface area contributed by atoms with Gasteiger partial charge in [0.15, 0.2) is 0 Å². The lowest BCUT2D eigenvalue weighted by Crippen LogP contribution is -2.46. The Balaban J connectivity index is 2.16. The first-order chi connectivity index (χ1) is 12.2. The molecule has 0 saturated carbocycles. The molecule has 134 valence electrons. The molecule has 2 aromatic rings. The van der Waals surface area contributed by atoms with Crippen LogP contribution in [0.2, 0.25) is 0 Å². The van der Waals surface area contributed by atoms with Gasteiger partial charge in [0.25, 0.3) is 0 Å². The van der Waals surface area contributed by atoms with Crippen molar-refractivity contribution in [2.24, 2.45) is 0 Å². The fourth-order valence-corrected chi connectivity index (χ4v) is 4.31. The van der Waals surface area contributed by atoms with Crippen molar-refractivity contribution >= 4 is 17.3 Å². The number of hydrogen-bond acceptors (Lipinski definition) is 5. The number of thiophene rings is 1. The van der Waals surface area contributed by atoms with E-state index in [4.69, 9.17) is 9.47 Å². The Bertz CT molecular complexity index is 694. The molecule has 6 heteroatoms. The molecule has 2 heterocycles. The van der Waals surface area contributed by atoms with Crippen molar-refractivity contribution in [2.75, 3.05) is 20.8 Å². The van der Waals surface area contributed by atoms with Crippen LogP contribution in [0.4, 0.5) is 0 Å². The molecule has 2 unspecified atom stereocenters. The number of carbonyl (C=O) groups is 1. The summed E-state index contributed by atoms with van der Waals surface area (Å²) in [5.74, 6) is 0.657. The smallest absolute Gasteiger partial charge is 0.320 e. The van der Waals surface area contributed by atoms with Crippen LogP contribution in [0.1, 0.15) is 36.4 Å². The highest BCUT2D eigenvalue weighted by Crippen LogP contribution is 2.43. The van der Waals surface area contributed by atoms with E-state index in [1.807, 2.05) is 23.6 Å². The summed E-state index contributed by atoms with van der Waals surface area (Å²) in [6.45, 7) is 0.735. The molecule has 1 aromatic carbocycles. The number of likely N-dealkylation sites (tertiary alicyclic amines) is 1. The van der Waals surface area contributed by atoms with Crippen LogP contribution in [0.25, 0.3) is 0 Å². The lowest BCUT2D eigenvalue weighted by atomic mass is 9.92. The summed E-state index contributed by atoms with van der Waals surface area (Å²) < 4.78 is 11.2. The summed E-state index contributed by atoms with van der Waals surface area (Å²) in [6.07, 6.45) is 2.59. The molecule has 1 aliphatic rings. The number of benzene rings is 1. The number of nitrogens with zero attached hydrogens (tertiary/aromatic N) is 1. The first-order valence-electron chi connectivity index (χ1n) is 8.39. The number of aliphatic carboxylic acids is 1. The van der Waals surface area contributed by atoms with E-state index in [1.165, 1.54) is 0 Å². The molecule has 2 atom stereocenters. The molecular formula is C19H23NO4S. The molecule has 1 aromatic heterocycles. The normalized spacial score (nSPS) is 19.4. The standard InChI is InChI=1S/C19H23NO4S/c1-23-15-7-5-8-16(24-2)17(15)18(13-9-11-25-12-13)20-10-4-3-6-14(20)19(21)22/h5,7-9,11-12,14,18H,3-4,6,10H2,1-2H3,(H,21,22). The number of hydrogen-bond donors (Lipinski definition) is 1. The monoisotopic (exact) mass is 361 g/mol. The minimum atomic E-state index is -0.770. The maximum atomic E-state index is 11.9. The Hall–Kier alpha value is -2.05. The van der Waals surface area contributed by atoms with Crippen LogP contribution in [-0.4, -0.2) is 42.8 Å². The van der Waals surface area contributed by atoms with Gasteiger partial charge >= 0.3 is 5.97 Å². The van der Waals surface area contributed by atoms with Crippen LogP contribution in [0.3, 0.4) is 0 Å². The zero-order valence-corrected chi connectivity index (χ0v) is 15.3. The molecule has 1 N–H and O–H groups in total. The van der Waals surface area contributed by atoms with E-state index in [0.29, 0.717) is 17.9 Å². The fraction of sp³-hybridized carbons (Fsp3) is 0.421. The predicted octanol–water partition coefficient (Wildman–Crippen LogP) is 3.79. The van der Waals surface area contributed by atoms with E-state index in [1.54, 1.807) is 25.6 Å². The Morgan fingerprint density at radius 3 is 2.52 bits per heavy atom. The summed E-state index contributed by atoms with van der Waals surface area (Å²) >= 11 is 1.61. The molecule has 25 heavy (non-hydrogen) atoms. The van der Waals surface area contributed by atoms with E-state index in [9.17, 15) is 9.90 Å². The van der Waals surface area contributed by atoms with Crippen LogP contribution in [-0.2, 0) is 4.79 Å². The van der Waals surface area contributed by atoms with Crippen molar-refractivity contribution in [3.8, 4) is 11.5 Å². The molecule has 5 nitrogen and oxygen atoms in total. The van der Waals surface area contributed by atoms with E-state index in [-0.39, 0.29) is 6.04 Å². The summed E-state index contributed by atoms with van der Waals surface area (Å²) in [7, 11) is 3.27. The van der Waals surface area contributed by atoms with Crippen LogP contribution in [0.5, 0.6) is 11.5 Å². The predicted molar refractivity (Wildman–Crippen MR) is 97.7 cm³/mol. The number of carboxylic acids is 1. The van der Waals surface area contributed by atoms with E-state index < -0.39 is 12.0 Å². The first kappa shape index (κ1) is 17.8. The van der Waals surface area contributed by atoms with E-state index >= 15 is 0 Å². The minimum absolute atomic E-state index is 0.209. The summed E-state index contributed by atoms with van der Waals surface area (Å²) in [4.78, 5) is 14.0. The maximum absolute atomic E-state index is 11.9. The Labute approximate surface area is 151 Å². The second-order valence-corrected chi connectivity index (χ2v) is 6.90. The van der Waals surface area contributed by atoms with Crippen molar-refractivity contribution in [3.05, 3.63) is 46.2 Å². The molecule has 0 bridgehead atoms. The molecule has 0 amide bonds. The zero-order chi connectivity index (χ0) is 17.8. The number of carboxylic acid groups (broad SMARTS) is 1. The van der Waals surface area contributed by atoms with Gasteiger partial charge in [0.1, 0.15) is 17.5 Å². The van der Waals surface area contributed by atoms with Gasteiger partial charge in [0.05, 0.1) is 25.8 Å². The van der Waals surface area contributed by atoms with Gasteiger partial charge in [-0.2, -0.15) is 11.3 Å². The molecule has 3 rings (SSSR count). The van der Waals surface area contributed by atoms with Crippen molar-refractivity contribution in [1.82, 2.24) is 4.90 Å². The SMILES string of the molecule is COc1cccc(OC)c1C(c1ccsc1)N1CCCCC1C(=O)O. The number of piperidine rings is 1. The summed E-state index contributed by atoms with van der Waals surface area (Å²) in [5, 5.41) is 13.8. The molecule has 0 spiro atoms. The van der Waals surface area contributed by atoms with E-state index in [0.717, 1.165) is 30.5 Å². The van der Waals surface area contributed by atoms with Crippen molar-refractivity contribution in [3.63, 3.8) is 0 Å². The molecule has 1 aliphatic heterocycles. The average Bonchev–Trinajstić information content (AvgIpc) is 3.16. The van der Waals surface area contributed by atoms with Crippen molar-refractivity contribution in [1.29, 1.82) is 0 Å². The Kier molecular flexibility index (Phi) is 5.60. The maximum Gasteiger partial charge on any atom is 0.320 e. The van der Waals surface area contributed by atoms with Crippen LogP contribution in [0.15, 0.2) is 35.0 Å². The Morgan fingerprint density at radius 1 is 1.24 bits per heavy atom. The lowest BCUT2D eigenvalue weighted by molar-refractivity contribution is -0.145. The van der Waals surface area contributed by atoms with Crippen molar-refractivity contribution < 1.29 is 19.4 Å². The summed E-state index contributed by atoms with van der Waals surface area (Å²) in [5.41, 5.74) is 1.96. The highest BCUT2D eigenvalue weighted by atomic mass is 32.1. The largest absolute Gasteiger partial charge is 0.496 e. The third-order valence-corrected chi connectivity index (χ3v) is 5.46. The highest BCUT2D eigenvalue weighted by molar-refractivity contribution is 7.08. The van der Waals surface area contributed by atoms with Crippen LogP contribution in [0, 0.1) is 0 Å². The molecule has 0 radical (unpaired) electrons. The lowest BCUT2D eigenvalue weighted by Gasteiger charge is -2.40. The van der Waals surface area contributed by atoms with Gasteiger partial charge < -0.3 is 14.6 Å². The molecule has 0 aliphatic carbocycles. The highest BCUT2D eigenvalue weighted by Gasteiger charge is 2.37. The Morgan fingerprint density at radius 2 is 1.96 bits per heavy atom. The zero-order valence-electron chi connectivity index (χ0n) is 14.5. The number of rotatable bonds is 6. The topological polar surface area (TPSA) is 59.0 Å². The molecule has 1 fully saturated rings. The van der Waals surface area contributed by atoms with Crippen LogP contribution >= 0.6 is 11.3 Å². The third kappa shape index (κ3) is 3.50. The van der Waals surface area contributed by atoms with Gasteiger partial charge in [-0.05, 0) is 53.9 Å². The third-order valence-electron chi connectivity index (χ3n) is 4.76. The fourth-order valence-electron chi connectivity index (χ4n) is 3.63. The minimum Gasteiger partial charge on any atom is -0.496 e.